The molecule has 3 nitrogen and oxygen atoms in total. The van der Waals surface area contributed by atoms with Crippen LogP contribution in [0.15, 0.2) is 27.8 Å². The highest BCUT2D eigenvalue weighted by Crippen LogP contribution is 2.35. The molecule has 0 N–H and O–H groups in total. The van der Waals surface area contributed by atoms with Gasteiger partial charge in [-0.1, -0.05) is 6.92 Å². The van der Waals surface area contributed by atoms with Gasteiger partial charge in [-0.15, -0.1) is 0 Å². The summed E-state index contributed by atoms with van der Waals surface area (Å²) in [4.78, 5) is 4.46. The molecule has 0 saturated carbocycles. The summed E-state index contributed by atoms with van der Waals surface area (Å²) in [7, 11) is 0. The Morgan fingerprint density at radius 2 is 2.36 bits per heavy atom. The van der Waals surface area contributed by atoms with Gasteiger partial charge in [0.15, 0.2) is 5.76 Å². The van der Waals surface area contributed by atoms with Crippen LogP contribution in [0.2, 0.25) is 0 Å². The van der Waals surface area contributed by atoms with E-state index in [4.69, 9.17) is 9.15 Å². The highest BCUT2D eigenvalue weighted by Gasteiger charge is 2.37. The first kappa shape index (κ1) is 9.46. The van der Waals surface area contributed by atoms with Gasteiger partial charge in [0.2, 0.25) is 6.23 Å². The van der Waals surface area contributed by atoms with Gasteiger partial charge in [0.25, 0.3) is 0 Å². The third kappa shape index (κ3) is 1.38. The van der Waals surface area contributed by atoms with E-state index in [2.05, 4.69) is 18.8 Å². The van der Waals surface area contributed by atoms with Crippen LogP contribution in [0.4, 0.5) is 0 Å². The van der Waals surface area contributed by atoms with Crippen molar-refractivity contribution in [2.75, 3.05) is 0 Å². The van der Waals surface area contributed by atoms with Crippen LogP contribution in [0.5, 0.6) is 0 Å². The summed E-state index contributed by atoms with van der Waals surface area (Å²) in [6.45, 7) is 6.17. The molecule has 2 unspecified atom stereocenters. The number of rotatable bonds is 2. The molecule has 0 spiro atoms. The molecule has 2 heterocycles. The topological polar surface area (TPSA) is 34.7 Å². The number of aliphatic imine (C=N–C) groups is 1. The van der Waals surface area contributed by atoms with Gasteiger partial charge in [0.05, 0.1) is 6.26 Å². The van der Waals surface area contributed by atoms with Gasteiger partial charge in [0, 0.05) is 5.71 Å². The summed E-state index contributed by atoms with van der Waals surface area (Å²) in [5.41, 5.74) is 0.818. The molecule has 3 heteroatoms. The minimum atomic E-state index is -0.255. The van der Waals surface area contributed by atoms with Crippen LogP contribution < -0.4 is 0 Å². The van der Waals surface area contributed by atoms with E-state index in [9.17, 15) is 0 Å². The van der Waals surface area contributed by atoms with Crippen molar-refractivity contribution in [3.63, 3.8) is 0 Å². The van der Waals surface area contributed by atoms with Crippen LogP contribution in [0, 0.1) is 0 Å². The van der Waals surface area contributed by atoms with Crippen molar-refractivity contribution in [3.05, 3.63) is 24.2 Å². The molecule has 14 heavy (non-hydrogen) atoms. The highest BCUT2D eigenvalue weighted by molar-refractivity contribution is 5.91. The summed E-state index contributed by atoms with van der Waals surface area (Å²) in [5, 5.41) is 0. The summed E-state index contributed by atoms with van der Waals surface area (Å²) >= 11 is 0. The first-order valence-corrected chi connectivity index (χ1v) is 4.92. The molecule has 1 aliphatic rings. The number of nitrogens with zero attached hydrogens (tertiary/aromatic N) is 1. The average molecular weight is 193 g/mol. The van der Waals surface area contributed by atoms with E-state index < -0.39 is 0 Å². The molecule has 0 saturated heterocycles. The lowest BCUT2D eigenvalue weighted by Crippen LogP contribution is -2.31. The fourth-order valence-corrected chi connectivity index (χ4v) is 1.56. The molecule has 76 valence electrons. The molecule has 1 aliphatic heterocycles. The average Bonchev–Trinajstić information content (AvgIpc) is 2.76. The van der Waals surface area contributed by atoms with Crippen molar-refractivity contribution in [2.45, 2.75) is 39.0 Å². The Balaban J connectivity index is 2.22. The molecular formula is C11H15NO2. The van der Waals surface area contributed by atoms with Gasteiger partial charge in [-0.25, -0.2) is 0 Å². The minimum absolute atomic E-state index is 0.225. The zero-order valence-corrected chi connectivity index (χ0v) is 8.78. The quantitative estimate of drug-likeness (QED) is 0.723. The van der Waals surface area contributed by atoms with Crippen LogP contribution in [0.1, 0.15) is 39.2 Å². The Labute approximate surface area is 83.8 Å². The van der Waals surface area contributed by atoms with Crippen molar-refractivity contribution >= 4 is 5.71 Å². The van der Waals surface area contributed by atoms with Crippen LogP contribution >= 0.6 is 0 Å². The van der Waals surface area contributed by atoms with E-state index in [0.717, 1.165) is 17.9 Å². The summed E-state index contributed by atoms with van der Waals surface area (Å²) in [5.74, 6) is 0.779. The summed E-state index contributed by atoms with van der Waals surface area (Å²) in [6, 6.07) is 3.74. The molecule has 0 bridgehead atoms. The zero-order valence-electron chi connectivity index (χ0n) is 8.78. The fourth-order valence-electron chi connectivity index (χ4n) is 1.56. The molecule has 2 rings (SSSR count). The Morgan fingerprint density at radius 1 is 1.57 bits per heavy atom. The minimum Gasteiger partial charge on any atom is -0.464 e. The molecule has 0 aliphatic carbocycles. The molecule has 1 aromatic rings. The monoisotopic (exact) mass is 193 g/mol. The van der Waals surface area contributed by atoms with E-state index in [1.807, 2.05) is 19.1 Å². The van der Waals surface area contributed by atoms with Crippen molar-refractivity contribution < 1.29 is 9.15 Å². The van der Waals surface area contributed by atoms with Gasteiger partial charge in [-0.3, -0.25) is 4.99 Å². The number of ether oxygens (including phenoxy) is 1. The van der Waals surface area contributed by atoms with E-state index in [0.29, 0.717) is 0 Å². The lowest BCUT2D eigenvalue weighted by molar-refractivity contribution is -0.0267. The van der Waals surface area contributed by atoms with Crippen molar-refractivity contribution in [1.82, 2.24) is 0 Å². The maximum absolute atomic E-state index is 5.86. The maximum atomic E-state index is 5.86. The Hall–Kier alpha value is -1.09. The van der Waals surface area contributed by atoms with Gasteiger partial charge < -0.3 is 9.15 Å². The van der Waals surface area contributed by atoms with Crippen LogP contribution in [0.3, 0.4) is 0 Å². The predicted molar refractivity (Wildman–Crippen MR) is 54.3 cm³/mol. The van der Waals surface area contributed by atoms with Gasteiger partial charge >= 0.3 is 0 Å². The molecule has 1 aromatic heterocycles. The van der Waals surface area contributed by atoms with Crippen molar-refractivity contribution in [1.29, 1.82) is 0 Å². The summed E-state index contributed by atoms with van der Waals surface area (Å²) < 4.78 is 11.1. The Bertz CT molecular complexity index is 342. The first-order valence-electron chi connectivity index (χ1n) is 4.92. The third-order valence-corrected chi connectivity index (χ3v) is 2.91. The van der Waals surface area contributed by atoms with Crippen LogP contribution in [0.25, 0.3) is 0 Å². The lowest BCUT2D eigenvalue weighted by atomic mass is 9.99. The smallest absolute Gasteiger partial charge is 0.207 e. The lowest BCUT2D eigenvalue weighted by Gasteiger charge is -2.22. The second-order valence-electron chi connectivity index (χ2n) is 3.78. The molecule has 2 atom stereocenters. The molecule has 0 radical (unpaired) electrons. The SMILES string of the molecule is CCC1(C)OC(c2ccco2)N=C1C. The molecule has 0 amide bonds. The maximum Gasteiger partial charge on any atom is 0.207 e. The molecule has 0 aromatic carbocycles. The largest absolute Gasteiger partial charge is 0.464 e. The number of furan rings is 1. The normalized spacial score (nSPS) is 31.9. The van der Waals surface area contributed by atoms with E-state index in [1.165, 1.54) is 0 Å². The van der Waals surface area contributed by atoms with E-state index in [-0.39, 0.29) is 11.8 Å². The number of hydrogen-bond donors (Lipinski definition) is 0. The zero-order chi connectivity index (χ0) is 10.2. The van der Waals surface area contributed by atoms with E-state index >= 15 is 0 Å². The fraction of sp³-hybridized carbons (Fsp3) is 0.545. The highest BCUT2D eigenvalue weighted by atomic mass is 16.5. The Kier molecular flexibility index (Phi) is 2.19. The van der Waals surface area contributed by atoms with Gasteiger partial charge in [-0.05, 0) is 32.4 Å². The number of hydrogen-bond acceptors (Lipinski definition) is 3. The third-order valence-electron chi connectivity index (χ3n) is 2.91. The second kappa shape index (κ2) is 3.24. The standard InChI is InChI=1S/C11H15NO2/c1-4-11(3)8(2)12-10(14-11)9-6-5-7-13-9/h5-7,10H,4H2,1-3H3. The van der Waals surface area contributed by atoms with Gasteiger partial charge in [-0.2, -0.15) is 0 Å². The van der Waals surface area contributed by atoms with Gasteiger partial charge in [0.1, 0.15) is 5.60 Å². The van der Waals surface area contributed by atoms with Crippen molar-refractivity contribution in [3.8, 4) is 0 Å². The van der Waals surface area contributed by atoms with Crippen LogP contribution in [-0.2, 0) is 4.74 Å². The second-order valence-corrected chi connectivity index (χ2v) is 3.78. The predicted octanol–water partition coefficient (Wildman–Crippen LogP) is 2.94. The van der Waals surface area contributed by atoms with E-state index in [1.54, 1.807) is 6.26 Å². The first-order chi connectivity index (χ1) is 6.65. The van der Waals surface area contributed by atoms with Crippen LogP contribution in [-0.4, -0.2) is 11.3 Å². The van der Waals surface area contributed by atoms with Crippen molar-refractivity contribution in [2.24, 2.45) is 4.99 Å². The molecular weight excluding hydrogens is 178 g/mol. The molecule has 0 fully saturated rings. The Morgan fingerprint density at radius 3 is 2.86 bits per heavy atom. The summed E-state index contributed by atoms with van der Waals surface area (Å²) in [6.07, 6.45) is 2.32.